The van der Waals surface area contributed by atoms with Crippen molar-refractivity contribution in [2.45, 2.75) is 0 Å². The Balaban J connectivity index is 1.92. The first-order valence-electron chi connectivity index (χ1n) is 5.73. The minimum absolute atomic E-state index is 0.155. The van der Waals surface area contributed by atoms with Crippen LogP contribution in [0.3, 0.4) is 0 Å². The van der Waals surface area contributed by atoms with Crippen LogP contribution in [0.5, 0.6) is 0 Å². The van der Waals surface area contributed by atoms with E-state index >= 15 is 0 Å². The normalized spacial score (nSPS) is 10.6. The average molecular weight is 316 g/mol. The van der Waals surface area contributed by atoms with Crippen molar-refractivity contribution in [3.05, 3.63) is 58.8 Å². The lowest BCUT2D eigenvalue weighted by Crippen LogP contribution is -2.11. The number of carbonyl (C=O) groups excluding carboxylic acids is 1. The summed E-state index contributed by atoms with van der Waals surface area (Å²) in [5, 5.41) is 3.68. The van der Waals surface area contributed by atoms with Crippen LogP contribution in [0.15, 0.2) is 53.3 Å². The predicted molar refractivity (Wildman–Crippen MR) is 78.2 cm³/mol. The Labute approximate surface area is 118 Å². The number of carbonyl (C=O) groups is 1. The Kier molecular flexibility index (Phi) is 3.05. The highest BCUT2D eigenvalue weighted by molar-refractivity contribution is 9.10. The van der Waals surface area contributed by atoms with Gasteiger partial charge in [0.25, 0.3) is 5.91 Å². The van der Waals surface area contributed by atoms with Crippen LogP contribution in [0.1, 0.15) is 10.4 Å². The van der Waals surface area contributed by atoms with Crippen molar-refractivity contribution in [3.8, 4) is 0 Å². The Bertz CT molecular complexity index is 751. The summed E-state index contributed by atoms with van der Waals surface area (Å²) < 4.78 is 0.922. The van der Waals surface area contributed by atoms with E-state index in [4.69, 9.17) is 0 Å². The smallest absolute Gasteiger partial charge is 0.257 e. The van der Waals surface area contributed by atoms with Gasteiger partial charge in [-0.3, -0.25) is 4.79 Å². The number of hydrogen-bond donors (Lipinski definition) is 2. The van der Waals surface area contributed by atoms with Gasteiger partial charge < -0.3 is 10.3 Å². The van der Waals surface area contributed by atoms with Crippen LogP contribution in [0.2, 0.25) is 0 Å². The molecule has 1 amide bonds. The molecule has 0 aliphatic carbocycles. The second-order valence-electron chi connectivity index (χ2n) is 4.07. The van der Waals surface area contributed by atoms with Gasteiger partial charge in [0.05, 0.1) is 5.56 Å². The van der Waals surface area contributed by atoms with Crippen molar-refractivity contribution in [2.24, 2.45) is 0 Å². The maximum Gasteiger partial charge on any atom is 0.257 e. The summed E-state index contributed by atoms with van der Waals surface area (Å²) in [4.78, 5) is 19.4. The summed E-state index contributed by atoms with van der Waals surface area (Å²) in [6, 6.07) is 11.2. The molecule has 0 aliphatic rings. The van der Waals surface area contributed by atoms with Gasteiger partial charge in [-0.15, -0.1) is 0 Å². The quantitative estimate of drug-likeness (QED) is 0.759. The van der Waals surface area contributed by atoms with Crippen LogP contribution in [-0.4, -0.2) is 15.9 Å². The Morgan fingerprint density at radius 2 is 2.16 bits per heavy atom. The number of halogens is 1. The molecule has 94 valence electrons. The van der Waals surface area contributed by atoms with E-state index < -0.39 is 0 Å². The fourth-order valence-corrected chi connectivity index (χ4v) is 2.31. The highest BCUT2D eigenvalue weighted by atomic mass is 79.9. The molecule has 1 aromatic carbocycles. The Hall–Kier alpha value is -2.14. The number of aromatic nitrogens is 2. The van der Waals surface area contributed by atoms with Crippen molar-refractivity contribution in [1.82, 2.24) is 9.97 Å². The van der Waals surface area contributed by atoms with E-state index in [0.717, 1.165) is 15.5 Å². The molecule has 2 aromatic heterocycles. The van der Waals surface area contributed by atoms with Crippen molar-refractivity contribution in [2.75, 3.05) is 5.32 Å². The molecular formula is C14H10BrN3O. The van der Waals surface area contributed by atoms with Crippen LogP contribution >= 0.6 is 15.9 Å². The fraction of sp³-hybridized carbons (Fsp3) is 0. The standard InChI is InChI=1S/C14H10BrN3O/c15-9-3-1-4-10(7-9)18-14(19)12-8-17-13-11(12)5-2-6-16-13/h1-8H,(H,16,17)(H,18,19). The van der Waals surface area contributed by atoms with Gasteiger partial charge in [0.15, 0.2) is 0 Å². The van der Waals surface area contributed by atoms with Crippen LogP contribution in [0.4, 0.5) is 5.69 Å². The monoisotopic (exact) mass is 315 g/mol. The number of fused-ring (bicyclic) bond motifs is 1. The molecule has 2 heterocycles. The second-order valence-corrected chi connectivity index (χ2v) is 4.98. The van der Waals surface area contributed by atoms with Crippen LogP contribution in [0, 0.1) is 0 Å². The number of amides is 1. The molecule has 0 unspecified atom stereocenters. The van der Waals surface area contributed by atoms with E-state index in [9.17, 15) is 4.79 Å². The highest BCUT2D eigenvalue weighted by Crippen LogP contribution is 2.19. The lowest BCUT2D eigenvalue weighted by molar-refractivity contribution is 0.102. The van der Waals surface area contributed by atoms with Crippen LogP contribution < -0.4 is 5.32 Å². The second kappa shape index (κ2) is 4.85. The predicted octanol–water partition coefficient (Wildman–Crippen LogP) is 3.58. The number of nitrogens with one attached hydrogen (secondary N) is 2. The van der Waals surface area contributed by atoms with Gasteiger partial charge in [0, 0.05) is 27.9 Å². The number of pyridine rings is 1. The summed E-state index contributed by atoms with van der Waals surface area (Å²) in [6.45, 7) is 0. The van der Waals surface area contributed by atoms with Gasteiger partial charge in [0.1, 0.15) is 5.65 Å². The molecule has 0 saturated carbocycles. The van der Waals surface area contributed by atoms with E-state index in [1.165, 1.54) is 0 Å². The van der Waals surface area contributed by atoms with Crippen molar-refractivity contribution in [3.63, 3.8) is 0 Å². The number of rotatable bonds is 2. The number of aromatic amines is 1. The van der Waals surface area contributed by atoms with Gasteiger partial charge in [-0.2, -0.15) is 0 Å². The lowest BCUT2D eigenvalue weighted by Gasteiger charge is -2.04. The molecule has 5 heteroatoms. The molecular weight excluding hydrogens is 306 g/mol. The summed E-state index contributed by atoms with van der Waals surface area (Å²) >= 11 is 3.37. The summed E-state index contributed by atoms with van der Waals surface area (Å²) in [5.74, 6) is -0.155. The molecule has 3 aromatic rings. The number of hydrogen-bond acceptors (Lipinski definition) is 2. The van der Waals surface area contributed by atoms with E-state index in [0.29, 0.717) is 11.2 Å². The molecule has 19 heavy (non-hydrogen) atoms. The minimum atomic E-state index is -0.155. The fourth-order valence-electron chi connectivity index (χ4n) is 1.91. The van der Waals surface area contributed by atoms with Gasteiger partial charge in [0.2, 0.25) is 0 Å². The SMILES string of the molecule is O=C(Nc1cccc(Br)c1)c1c[nH]c2ncccc12. The first-order chi connectivity index (χ1) is 9.24. The molecule has 0 radical (unpaired) electrons. The summed E-state index contributed by atoms with van der Waals surface area (Å²) in [7, 11) is 0. The zero-order chi connectivity index (χ0) is 13.2. The molecule has 0 saturated heterocycles. The van der Waals surface area contributed by atoms with E-state index in [-0.39, 0.29) is 5.91 Å². The number of H-pyrrole nitrogens is 1. The number of nitrogens with zero attached hydrogens (tertiary/aromatic N) is 1. The first-order valence-corrected chi connectivity index (χ1v) is 6.52. The first kappa shape index (κ1) is 11.9. The van der Waals surface area contributed by atoms with Crippen LogP contribution in [0.25, 0.3) is 11.0 Å². The largest absolute Gasteiger partial charge is 0.345 e. The molecule has 4 nitrogen and oxygen atoms in total. The lowest BCUT2D eigenvalue weighted by atomic mass is 10.2. The third kappa shape index (κ3) is 2.37. The van der Waals surface area contributed by atoms with Gasteiger partial charge in [-0.05, 0) is 30.3 Å². The molecule has 2 N–H and O–H groups in total. The van der Waals surface area contributed by atoms with E-state index in [1.807, 2.05) is 36.4 Å². The third-order valence-corrected chi connectivity index (χ3v) is 3.27. The Morgan fingerprint density at radius 3 is 3.00 bits per heavy atom. The summed E-state index contributed by atoms with van der Waals surface area (Å²) in [5.41, 5.74) is 2.04. The maximum atomic E-state index is 12.2. The summed E-state index contributed by atoms with van der Waals surface area (Å²) in [6.07, 6.45) is 3.36. The maximum absolute atomic E-state index is 12.2. The molecule has 0 bridgehead atoms. The highest BCUT2D eigenvalue weighted by Gasteiger charge is 2.12. The van der Waals surface area contributed by atoms with Crippen molar-refractivity contribution < 1.29 is 4.79 Å². The van der Waals surface area contributed by atoms with Gasteiger partial charge >= 0.3 is 0 Å². The van der Waals surface area contributed by atoms with Crippen molar-refractivity contribution in [1.29, 1.82) is 0 Å². The van der Waals surface area contributed by atoms with Crippen molar-refractivity contribution >= 4 is 38.6 Å². The number of anilines is 1. The van der Waals surface area contributed by atoms with Gasteiger partial charge in [-0.1, -0.05) is 22.0 Å². The van der Waals surface area contributed by atoms with Crippen LogP contribution in [-0.2, 0) is 0 Å². The Morgan fingerprint density at radius 1 is 1.26 bits per heavy atom. The molecule has 0 fully saturated rings. The molecule has 0 spiro atoms. The average Bonchev–Trinajstić information content (AvgIpc) is 2.82. The zero-order valence-corrected chi connectivity index (χ0v) is 11.4. The molecule has 0 aliphatic heterocycles. The van der Waals surface area contributed by atoms with E-state index in [2.05, 4.69) is 31.2 Å². The van der Waals surface area contributed by atoms with Gasteiger partial charge in [-0.25, -0.2) is 4.98 Å². The van der Waals surface area contributed by atoms with E-state index in [1.54, 1.807) is 12.4 Å². The molecule has 0 atom stereocenters. The topological polar surface area (TPSA) is 57.8 Å². The zero-order valence-electron chi connectivity index (χ0n) is 9.85. The third-order valence-electron chi connectivity index (χ3n) is 2.78. The minimum Gasteiger partial charge on any atom is -0.345 e. The number of benzene rings is 1. The molecule has 3 rings (SSSR count).